The highest BCUT2D eigenvalue weighted by atomic mass is 16.5. The van der Waals surface area contributed by atoms with Crippen LogP contribution in [0, 0.1) is 13.8 Å². The van der Waals surface area contributed by atoms with Gasteiger partial charge in [-0.3, -0.25) is 4.79 Å². The Labute approximate surface area is 150 Å². The van der Waals surface area contributed by atoms with Crippen LogP contribution in [0.3, 0.4) is 0 Å². The minimum absolute atomic E-state index is 0.0447. The zero-order valence-corrected chi connectivity index (χ0v) is 15.9. The number of carbonyl (C=O) groups excluding carboxylic acids is 1. The summed E-state index contributed by atoms with van der Waals surface area (Å²) in [6, 6.07) is 13.8. The second-order valence-electron chi connectivity index (χ2n) is 7.03. The molecule has 0 saturated carbocycles. The van der Waals surface area contributed by atoms with Gasteiger partial charge in [0.05, 0.1) is 13.2 Å². The van der Waals surface area contributed by atoms with E-state index in [1.54, 1.807) is 7.11 Å². The highest BCUT2D eigenvalue weighted by Crippen LogP contribution is 2.22. The normalized spacial score (nSPS) is 12.4. The Morgan fingerprint density at radius 3 is 2.32 bits per heavy atom. The van der Waals surface area contributed by atoms with E-state index < -0.39 is 5.54 Å². The molecule has 0 heterocycles. The number of ether oxygens (including phenoxy) is 1. The second-order valence-corrected chi connectivity index (χ2v) is 7.03. The van der Waals surface area contributed by atoms with E-state index in [-0.39, 0.29) is 11.9 Å². The standard InChI is InChI=1S/C21H28N2O2/c1-14-7-8-15(2)19(13-14)16(3)22-20(24)21(4,5)23-17-9-11-18(25-6)12-10-17/h7-13,16,23H,1-6H3,(H,22,24). The predicted molar refractivity (Wildman–Crippen MR) is 103 cm³/mol. The number of methoxy groups -OCH3 is 1. The number of rotatable bonds is 6. The summed E-state index contributed by atoms with van der Waals surface area (Å²) in [6.45, 7) is 9.90. The number of anilines is 1. The Kier molecular flexibility index (Phi) is 5.73. The lowest BCUT2D eigenvalue weighted by Gasteiger charge is -2.29. The fourth-order valence-electron chi connectivity index (χ4n) is 2.77. The molecule has 2 N–H and O–H groups in total. The Balaban J connectivity index is 2.07. The van der Waals surface area contributed by atoms with Crippen molar-refractivity contribution in [3.05, 3.63) is 59.2 Å². The van der Waals surface area contributed by atoms with E-state index in [4.69, 9.17) is 4.74 Å². The quantitative estimate of drug-likeness (QED) is 0.820. The topological polar surface area (TPSA) is 50.4 Å². The number of aryl methyl sites for hydroxylation is 2. The number of hydrogen-bond donors (Lipinski definition) is 2. The van der Waals surface area contributed by atoms with E-state index in [9.17, 15) is 4.79 Å². The highest BCUT2D eigenvalue weighted by Gasteiger charge is 2.28. The molecular formula is C21H28N2O2. The summed E-state index contributed by atoms with van der Waals surface area (Å²) in [5.74, 6) is 0.744. The lowest BCUT2D eigenvalue weighted by Crippen LogP contribution is -2.48. The van der Waals surface area contributed by atoms with Crippen molar-refractivity contribution in [2.75, 3.05) is 12.4 Å². The predicted octanol–water partition coefficient (Wildman–Crippen LogP) is 4.38. The van der Waals surface area contributed by atoms with Gasteiger partial charge in [0.1, 0.15) is 11.3 Å². The molecule has 0 aliphatic heterocycles. The molecule has 4 heteroatoms. The fraction of sp³-hybridized carbons (Fsp3) is 0.381. The van der Waals surface area contributed by atoms with Crippen LogP contribution in [-0.2, 0) is 4.79 Å². The molecule has 0 aliphatic carbocycles. The molecule has 0 bridgehead atoms. The Morgan fingerprint density at radius 2 is 1.72 bits per heavy atom. The summed E-state index contributed by atoms with van der Waals surface area (Å²) >= 11 is 0. The van der Waals surface area contributed by atoms with Crippen LogP contribution in [0.15, 0.2) is 42.5 Å². The van der Waals surface area contributed by atoms with E-state index in [1.807, 2.05) is 45.0 Å². The Morgan fingerprint density at radius 1 is 1.08 bits per heavy atom. The number of carbonyl (C=O) groups is 1. The lowest BCUT2D eigenvalue weighted by molar-refractivity contribution is -0.125. The van der Waals surface area contributed by atoms with Crippen molar-refractivity contribution in [1.82, 2.24) is 5.32 Å². The zero-order chi connectivity index (χ0) is 18.6. The SMILES string of the molecule is COc1ccc(NC(C)(C)C(=O)NC(C)c2cc(C)ccc2C)cc1. The molecule has 0 aromatic heterocycles. The molecule has 0 radical (unpaired) electrons. The molecule has 1 atom stereocenters. The summed E-state index contributed by atoms with van der Waals surface area (Å²) in [7, 11) is 1.63. The Hall–Kier alpha value is -2.49. The van der Waals surface area contributed by atoms with Crippen molar-refractivity contribution in [2.24, 2.45) is 0 Å². The molecule has 0 saturated heterocycles. The van der Waals surface area contributed by atoms with Crippen molar-refractivity contribution in [3.8, 4) is 5.75 Å². The van der Waals surface area contributed by atoms with E-state index >= 15 is 0 Å². The van der Waals surface area contributed by atoms with Crippen LogP contribution >= 0.6 is 0 Å². The Bertz CT molecular complexity index is 736. The molecule has 0 fully saturated rings. The summed E-state index contributed by atoms with van der Waals surface area (Å²) in [5, 5.41) is 6.41. The summed E-state index contributed by atoms with van der Waals surface area (Å²) in [6.07, 6.45) is 0. The summed E-state index contributed by atoms with van der Waals surface area (Å²) in [4.78, 5) is 12.8. The summed E-state index contributed by atoms with van der Waals surface area (Å²) in [5.41, 5.74) is 3.66. The van der Waals surface area contributed by atoms with Crippen LogP contribution in [-0.4, -0.2) is 18.6 Å². The maximum atomic E-state index is 12.8. The lowest BCUT2D eigenvalue weighted by atomic mass is 9.98. The van der Waals surface area contributed by atoms with Crippen molar-refractivity contribution >= 4 is 11.6 Å². The van der Waals surface area contributed by atoms with Crippen LogP contribution < -0.4 is 15.4 Å². The van der Waals surface area contributed by atoms with Gasteiger partial charge in [0.2, 0.25) is 5.91 Å². The van der Waals surface area contributed by atoms with Crippen molar-refractivity contribution in [3.63, 3.8) is 0 Å². The first-order valence-electron chi connectivity index (χ1n) is 8.53. The number of hydrogen-bond acceptors (Lipinski definition) is 3. The van der Waals surface area contributed by atoms with Gasteiger partial charge in [0, 0.05) is 5.69 Å². The highest BCUT2D eigenvalue weighted by molar-refractivity contribution is 5.88. The summed E-state index contributed by atoms with van der Waals surface area (Å²) < 4.78 is 5.16. The maximum absolute atomic E-state index is 12.8. The monoisotopic (exact) mass is 340 g/mol. The van der Waals surface area contributed by atoms with Crippen LogP contribution in [0.2, 0.25) is 0 Å². The first kappa shape index (κ1) is 18.8. The van der Waals surface area contributed by atoms with Gasteiger partial charge in [0.15, 0.2) is 0 Å². The molecule has 2 aromatic carbocycles. The number of benzene rings is 2. The first-order valence-corrected chi connectivity index (χ1v) is 8.53. The van der Waals surface area contributed by atoms with Crippen molar-refractivity contribution in [1.29, 1.82) is 0 Å². The van der Waals surface area contributed by atoms with Crippen LogP contribution in [0.1, 0.15) is 43.5 Å². The molecule has 1 unspecified atom stereocenters. The van der Waals surface area contributed by atoms with Gasteiger partial charge in [-0.05, 0) is 70.0 Å². The second kappa shape index (κ2) is 7.60. The molecule has 134 valence electrons. The molecule has 1 amide bonds. The van der Waals surface area contributed by atoms with E-state index in [0.717, 1.165) is 17.0 Å². The van der Waals surface area contributed by atoms with Crippen LogP contribution in [0.5, 0.6) is 5.75 Å². The molecule has 0 spiro atoms. The molecule has 2 aromatic rings. The molecule has 4 nitrogen and oxygen atoms in total. The van der Waals surface area contributed by atoms with Crippen molar-refractivity contribution in [2.45, 2.75) is 46.2 Å². The molecule has 0 aliphatic rings. The average molecular weight is 340 g/mol. The number of amides is 1. The largest absolute Gasteiger partial charge is 0.497 e. The molecule has 2 rings (SSSR count). The minimum atomic E-state index is -0.736. The smallest absolute Gasteiger partial charge is 0.245 e. The van der Waals surface area contributed by atoms with Gasteiger partial charge >= 0.3 is 0 Å². The van der Waals surface area contributed by atoms with Gasteiger partial charge in [-0.2, -0.15) is 0 Å². The van der Waals surface area contributed by atoms with Crippen molar-refractivity contribution < 1.29 is 9.53 Å². The minimum Gasteiger partial charge on any atom is -0.497 e. The number of nitrogens with one attached hydrogen (secondary N) is 2. The maximum Gasteiger partial charge on any atom is 0.245 e. The third-order valence-electron chi connectivity index (χ3n) is 4.36. The van der Waals surface area contributed by atoms with Gasteiger partial charge in [0.25, 0.3) is 0 Å². The molecule has 25 heavy (non-hydrogen) atoms. The van der Waals surface area contributed by atoms with E-state index in [2.05, 4.69) is 42.7 Å². The average Bonchev–Trinajstić information content (AvgIpc) is 2.57. The van der Waals surface area contributed by atoms with Gasteiger partial charge < -0.3 is 15.4 Å². The van der Waals surface area contributed by atoms with Crippen LogP contribution in [0.25, 0.3) is 0 Å². The zero-order valence-electron chi connectivity index (χ0n) is 15.9. The van der Waals surface area contributed by atoms with Gasteiger partial charge in [-0.1, -0.05) is 23.8 Å². The van der Waals surface area contributed by atoms with E-state index in [0.29, 0.717) is 0 Å². The third kappa shape index (κ3) is 4.75. The van der Waals surface area contributed by atoms with E-state index in [1.165, 1.54) is 11.1 Å². The molecular weight excluding hydrogens is 312 g/mol. The fourth-order valence-corrected chi connectivity index (χ4v) is 2.77. The van der Waals surface area contributed by atoms with Crippen LogP contribution in [0.4, 0.5) is 5.69 Å². The third-order valence-corrected chi connectivity index (χ3v) is 4.36. The van der Waals surface area contributed by atoms with Gasteiger partial charge in [-0.15, -0.1) is 0 Å². The van der Waals surface area contributed by atoms with Gasteiger partial charge in [-0.25, -0.2) is 0 Å². The first-order chi connectivity index (χ1) is 11.7.